The smallest absolute Gasteiger partial charge is 0.233 e. The van der Waals surface area contributed by atoms with Crippen molar-refractivity contribution in [3.05, 3.63) is 24.3 Å². The molecule has 1 saturated heterocycles. The summed E-state index contributed by atoms with van der Waals surface area (Å²) in [5, 5.41) is 6.41. The molecule has 23 heavy (non-hydrogen) atoms. The molecule has 1 aromatic rings. The fraction of sp³-hybridized carbons (Fsp3) is 0.611. The molecule has 128 valence electrons. The topological polar surface area (TPSA) is 53.6 Å². The van der Waals surface area contributed by atoms with Crippen LogP contribution in [0, 0.1) is 5.41 Å². The van der Waals surface area contributed by atoms with Gasteiger partial charge in [-0.05, 0) is 58.0 Å². The third-order valence-corrected chi connectivity index (χ3v) is 4.75. The molecule has 0 radical (unpaired) electrons. The molecule has 1 heterocycles. The van der Waals surface area contributed by atoms with Crippen LogP contribution < -0.4 is 15.5 Å². The number of amides is 1. The van der Waals surface area contributed by atoms with Gasteiger partial charge in [0.05, 0.1) is 12.0 Å². The average Bonchev–Trinajstić information content (AvgIpc) is 2.55. The molecular weight excluding hydrogens is 290 g/mol. The van der Waals surface area contributed by atoms with E-state index in [1.165, 1.54) is 0 Å². The van der Waals surface area contributed by atoms with Gasteiger partial charge in [0.15, 0.2) is 0 Å². The van der Waals surface area contributed by atoms with E-state index in [1.807, 2.05) is 18.2 Å². The first-order valence-electron chi connectivity index (χ1n) is 8.32. The maximum absolute atomic E-state index is 12.9. The molecule has 0 atom stereocenters. The lowest BCUT2D eigenvalue weighted by atomic mass is 9.78. The molecule has 1 aromatic carbocycles. The van der Waals surface area contributed by atoms with E-state index in [2.05, 4.69) is 42.5 Å². The van der Waals surface area contributed by atoms with Crippen molar-refractivity contribution < 1.29 is 9.53 Å². The number of carbonyl (C=O) groups is 1. The lowest BCUT2D eigenvalue weighted by Gasteiger charge is -2.35. The van der Waals surface area contributed by atoms with Gasteiger partial charge in [-0.15, -0.1) is 0 Å². The highest BCUT2D eigenvalue weighted by atomic mass is 16.5. The van der Waals surface area contributed by atoms with Gasteiger partial charge in [-0.2, -0.15) is 0 Å². The number of hydrogen-bond donors (Lipinski definition) is 2. The summed E-state index contributed by atoms with van der Waals surface area (Å²) in [6, 6.07) is 8.42. The van der Waals surface area contributed by atoms with Crippen LogP contribution in [0.1, 0.15) is 26.7 Å². The summed E-state index contributed by atoms with van der Waals surface area (Å²) in [5.41, 5.74) is 1.51. The van der Waals surface area contributed by atoms with Crippen LogP contribution in [0.25, 0.3) is 0 Å². The van der Waals surface area contributed by atoms with Crippen molar-refractivity contribution in [1.29, 1.82) is 0 Å². The highest BCUT2D eigenvalue weighted by molar-refractivity contribution is 5.96. The van der Waals surface area contributed by atoms with Crippen molar-refractivity contribution in [1.82, 2.24) is 5.32 Å². The number of nitrogens with one attached hydrogen (secondary N) is 2. The maximum atomic E-state index is 12.9. The molecule has 1 aliphatic heterocycles. The number of methoxy groups -OCH3 is 1. The van der Waals surface area contributed by atoms with Gasteiger partial charge in [0, 0.05) is 31.6 Å². The summed E-state index contributed by atoms with van der Waals surface area (Å²) in [5.74, 6) is 0.0604. The maximum Gasteiger partial charge on any atom is 0.233 e. The second kappa shape index (κ2) is 7.79. The molecule has 5 nitrogen and oxygen atoms in total. The Bertz CT molecular complexity index is 519. The first-order valence-corrected chi connectivity index (χ1v) is 8.32. The van der Waals surface area contributed by atoms with E-state index in [9.17, 15) is 4.79 Å². The Kier molecular flexibility index (Phi) is 6.02. The first-order chi connectivity index (χ1) is 11.0. The first kappa shape index (κ1) is 17.8. The molecule has 1 amide bonds. The van der Waals surface area contributed by atoms with E-state index in [1.54, 1.807) is 7.11 Å². The third kappa shape index (κ3) is 4.24. The molecule has 0 spiro atoms. The van der Waals surface area contributed by atoms with Gasteiger partial charge in [0.1, 0.15) is 0 Å². The van der Waals surface area contributed by atoms with Crippen LogP contribution in [0.3, 0.4) is 0 Å². The lowest BCUT2D eigenvalue weighted by Crippen LogP contribution is -2.47. The summed E-state index contributed by atoms with van der Waals surface area (Å²) < 4.78 is 5.34. The zero-order chi connectivity index (χ0) is 16.9. The van der Waals surface area contributed by atoms with Crippen LogP contribution in [0.5, 0.6) is 0 Å². The van der Waals surface area contributed by atoms with Crippen LogP contribution in [0.15, 0.2) is 24.3 Å². The number of carbonyl (C=O) groups excluding carboxylic acids is 1. The monoisotopic (exact) mass is 319 g/mol. The van der Waals surface area contributed by atoms with Gasteiger partial charge in [-0.1, -0.05) is 6.07 Å². The summed E-state index contributed by atoms with van der Waals surface area (Å²) in [6.07, 6.45) is 1.61. The zero-order valence-corrected chi connectivity index (χ0v) is 14.7. The summed E-state index contributed by atoms with van der Waals surface area (Å²) in [7, 11) is 3.72. The molecular formula is C18H29N3O2. The second-order valence-electron chi connectivity index (χ2n) is 6.67. The molecule has 0 unspecified atom stereocenters. The number of benzene rings is 1. The molecule has 0 aliphatic carbocycles. The van der Waals surface area contributed by atoms with Crippen LogP contribution in [-0.4, -0.2) is 45.8 Å². The van der Waals surface area contributed by atoms with Crippen LogP contribution >= 0.6 is 0 Å². The van der Waals surface area contributed by atoms with E-state index in [-0.39, 0.29) is 5.91 Å². The SMILES string of the molecule is COCC1(C(=O)Nc2cccc(N(C)C(C)C)c2)CCNCC1. The minimum atomic E-state index is -0.431. The molecule has 2 rings (SSSR count). The number of anilines is 2. The van der Waals surface area contributed by atoms with Gasteiger partial charge in [0.2, 0.25) is 5.91 Å². The standard InChI is InChI=1S/C18H29N3O2/c1-14(2)21(3)16-7-5-6-15(12-16)20-17(22)18(13-23-4)8-10-19-11-9-18/h5-7,12,14,19H,8-11,13H2,1-4H3,(H,20,22). The molecule has 0 saturated carbocycles. The van der Waals surface area contributed by atoms with Gasteiger partial charge in [0.25, 0.3) is 0 Å². The van der Waals surface area contributed by atoms with E-state index in [0.29, 0.717) is 12.6 Å². The summed E-state index contributed by atoms with van der Waals surface area (Å²) in [4.78, 5) is 15.0. The highest BCUT2D eigenvalue weighted by Crippen LogP contribution is 2.31. The Morgan fingerprint density at radius 2 is 2.09 bits per heavy atom. The van der Waals surface area contributed by atoms with E-state index < -0.39 is 5.41 Å². The minimum absolute atomic E-state index is 0.0604. The van der Waals surface area contributed by atoms with Crippen molar-refractivity contribution in [3.63, 3.8) is 0 Å². The average molecular weight is 319 g/mol. The largest absolute Gasteiger partial charge is 0.384 e. The second-order valence-corrected chi connectivity index (χ2v) is 6.67. The quantitative estimate of drug-likeness (QED) is 0.846. The number of rotatable bonds is 6. The van der Waals surface area contributed by atoms with Gasteiger partial charge in [-0.25, -0.2) is 0 Å². The summed E-state index contributed by atoms with van der Waals surface area (Å²) >= 11 is 0. The Morgan fingerprint density at radius 1 is 1.39 bits per heavy atom. The van der Waals surface area contributed by atoms with Crippen LogP contribution in [0.4, 0.5) is 11.4 Å². The fourth-order valence-corrected chi connectivity index (χ4v) is 2.98. The molecule has 5 heteroatoms. The predicted molar refractivity (Wildman–Crippen MR) is 95.0 cm³/mol. The molecule has 2 N–H and O–H groups in total. The molecule has 1 aliphatic rings. The normalized spacial score (nSPS) is 17.1. The number of hydrogen-bond acceptors (Lipinski definition) is 4. The number of piperidine rings is 1. The van der Waals surface area contributed by atoms with Crippen molar-refractivity contribution in [2.24, 2.45) is 5.41 Å². The Labute approximate surface area is 139 Å². The fourth-order valence-electron chi connectivity index (χ4n) is 2.98. The van der Waals surface area contributed by atoms with Crippen molar-refractivity contribution >= 4 is 17.3 Å². The zero-order valence-electron chi connectivity index (χ0n) is 14.7. The lowest BCUT2D eigenvalue weighted by molar-refractivity contribution is -0.130. The molecule has 0 aromatic heterocycles. The van der Waals surface area contributed by atoms with Gasteiger partial charge in [-0.3, -0.25) is 4.79 Å². The third-order valence-electron chi connectivity index (χ3n) is 4.75. The number of nitrogens with zero attached hydrogens (tertiary/aromatic N) is 1. The highest BCUT2D eigenvalue weighted by Gasteiger charge is 2.39. The van der Waals surface area contributed by atoms with Gasteiger partial charge >= 0.3 is 0 Å². The van der Waals surface area contributed by atoms with Crippen LogP contribution in [0.2, 0.25) is 0 Å². The van der Waals surface area contributed by atoms with E-state index in [0.717, 1.165) is 37.3 Å². The minimum Gasteiger partial charge on any atom is -0.384 e. The Hall–Kier alpha value is -1.59. The predicted octanol–water partition coefficient (Wildman–Crippen LogP) is 2.49. The van der Waals surface area contributed by atoms with Gasteiger partial charge < -0.3 is 20.3 Å². The van der Waals surface area contributed by atoms with Crippen LogP contribution in [-0.2, 0) is 9.53 Å². The summed E-state index contributed by atoms with van der Waals surface area (Å²) in [6.45, 7) is 6.47. The Morgan fingerprint density at radius 3 is 2.70 bits per heavy atom. The van der Waals surface area contributed by atoms with Crippen molar-refractivity contribution in [2.45, 2.75) is 32.7 Å². The molecule has 0 bridgehead atoms. The number of ether oxygens (including phenoxy) is 1. The van der Waals surface area contributed by atoms with E-state index >= 15 is 0 Å². The Balaban J connectivity index is 2.14. The molecule has 1 fully saturated rings. The van der Waals surface area contributed by atoms with Crippen molar-refractivity contribution in [3.8, 4) is 0 Å². The van der Waals surface area contributed by atoms with Crippen molar-refractivity contribution in [2.75, 3.05) is 44.1 Å². The van der Waals surface area contributed by atoms with E-state index in [4.69, 9.17) is 4.74 Å².